The van der Waals surface area contributed by atoms with E-state index in [0.29, 0.717) is 6.42 Å². The fourth-order valence-corrected chi connectivity index (χ4v) is 2.44. The summed E-state index contributed by atoms with van der Waals surface area (Å²) < 4.78 is 1.69. The molecule has 6 heteroatoms. The van der Waals surface area contributed by atoms with Gasteiger partial charge in [-0.25, -0.2) is 9.50 Å². The van der Waals surface area contributed by atoms with Crippen molar-refractivity contribution in [2.45, 2.75) is 25.3 Å². The highest BCUT2D eigenvalue weighted by Gasteiger charge is 2.29. The molecule has 2 aromatic rings. The van der Waals surface area contributed by atoms with E-state index in [1.54, 1.807) is 10.7 Å². The van der Waals surface area contributed by atoms with Gasteiger partial charge in [0.2, 0.25) is 0 Å². The second-order valence-electron chi connectivity index (χ2n) is 4.64. The topological polar surface area (TPSA) is 79.5 Å². The SMILES string of the molecule is O=C(O)[C@@H]1CC[C@H](Nc2ccn3nccc3n2)C1. The van der Waals surface area contributed by atoms with Gasteiger partial charge in [-0.2, -0.15) is 5.10 Å². The first-order chi connectivity index (χ1) is 8.72. The average Bonchev–Trinajstić information content (AvgIpc) is 2.96. The lowest BCUT2D eigenvalue weighted by Gasteiger charge is -2.12. The molecule has 1 aliphatic carbocycles. The van der Waals surface area contributed by atoms with Crippen LogP contribution in [0.25, 0.3) is 5.65 Å². The summed E-state index contributed by atoms with van der Waals surface area (Å²) in [7, 11) is 0. The predicted octanol–water partition coefficient (Wildman–Crippen LogP) is 1.39. The minimum atomic E-state index is -0.696. The highest BCUT2D eigenvalue weighted by atomic mass is 16.4. The third-order valence-corrected chi connectivity index (χ3v) is 3.39. The van der Waals surface area contributed by atoms with Crippen LogP contribution in [0.5, 0.6) is 0 Å². The Morgan fingerprint density at radius 3 is 3.11 bits per heavy atom. The quantitative estimate of drug-likeness (QED) is 0.855. The van der Waals surface area contributed by atoms with E-state index in [4.69, 9.17) is 5.11 Å². The summed E-state index contributed by atoms with van der Waals surface area (Å²) in [5, 5.41) is 16.3. The second kappa shape index (κ2) is 4.29. The molecule has 2 aromatic heterocycles. The van der Waals surface area contributed by atoms with Crippen LogP contribution in [0.4, 0.5) is 5.82 Å². The monoisotopic (exact) mass is 246 g/mol. The molecule has 0 spiro atoms. The summed E-state index contributed by atoms with van der Waals surface area (Å²) in [5.74, 6) is -0.140. The number of carboxylic acids is 1. The molecule has 0 aromatic carbocycles. The lowest BCUT2D eigenvalue weighted by atomic mass is 10.1. The number of carboxylic acid groups (broad SMARTS) is 1. The lowest BCUT2D eigenvalue weighted by Crippen LogP contribution is -2.18. The van der Waals surface area contributed by atoms with Gasteiger partial charge in [-0.05, 0) is 25.3 Å². The second-order valence-corrected chi connectivity index (χ2v) is 4.64. The molecule has 0 radical (unpaired) electrons. The fraction of sp³-hybridized carbons (Fsp3) is 0.417. The summed E-state index contributed by atoms with van der Waals surface area (Å²) in [6.07, 6.45) is 5.82. The van der Waals surface area contributed by atoms with Gasteiger partial charge in [0.15, 0.2) is 5.65 Å². The van der Waals surface area contributed by atoms with Gasteiger partial charge in [-0.15, -0.1) is 0 Å². The number of aromatic nitrogens is 3. The number of fused-ring (bicyclic) bond motifs is 1. The molecular formula is C12H14N4O2. The predicted molar refractivity (Wildman–Crippen MR) is 65.4 cm³/mol. The van der Waals surface area contributed by atoms with Crippen molar-refractivity contribution in [1.82, 2.24) is 14.6 Å². The van der Waals surface area contributed by atoms with Gasteiger partial charge in [0.1, 0.15) is 5.82 Å². The van der Waals surface area contributed by atoms with Gasteiger partial charge < -0.3 is 10.4 Å². The van der Waals surface area contributed by atoms with Crippen LogP contribution in [-0.4, -0.2) is 31.7 Å². The van der Waals surface area contributed by atoms with E-state index >= 15 is 0 Å². The third-order valence-electron chi connectivity index (χ3n) is 3.39. The Hall–Kier alpha value is -2.11. The molecule has 2 atom stereocenters. The van der Waals surface area contributed by atoms with Crippen LogP contribution in [0.2, 0.25) is 0 Å². The standard InChI is InChI=1S/C12H14N4O2/c17-12(18)8-1-2-9(7-8)14-10-4-6-16-11(15-10)3-5-13-16/h3-6,8-9H,1-2,7H2,(H,14,15)(H,17,18)/t8-,9+/m1/s1. The molecule has 0 aliphatic heterocycles. The maximum Gasteiger partial charge on any atom is 0.306 e. The molecular weight excluding hydrogens is 232 g/mol. The van der Waals surface area contributed by atoms with Gasteiger partial charge in [0, 0.05) is 18.3 Å². The van der Waals surface area contributed by atoms with Crippen LogP contribution in [0.3, 0.4) is 0 Å². The number of nitrogens with zero attached hydrogens (tertiary/aromatic N) is 3. The van der Waals surface area contributed by atoms with E-state index in [0.717, 1.165) is 24.3 Å². The highest BCUT2D eigenvalue weighted by molar-refractivity contribution is 5.70. The van der Waals surface area contributed by atoms with Crippen LogP contribution < -0.4 is 5.32 Å². The molecule has 0 bridgehead atoms. The molecule has 2 N–H and O–H groups in total. The minimum Gasteiger partial charge on any atom is -0.481 e. The summed E-state index contributed by atoms with van der Waals surface area (Å²) in [6, 6.07) is 3.89. The van der Waals surface area contributed by atoms with E-state index in [1.807, 2.05) is 18.3 Å². The zero-order chi connectivity index (χ0) is 12.5. The molecule has 1 saturated carbocycles. The highest BCUT2D eigenvalue weighted by Crippen LogP contribution is 2.27. The van der Waals surface area contributed by atoms with Crippen LogP contribution in [0, 0.1) is 5.92 Å². The van der Waals surface area contributed by atoms with Crippen molar-refractivity contribution in [1.29, 1.82) is 0 Å². The van der Waals surface area contributed by atoms with Gasteiger partial charge >= 0.3 is 5.97 Å². The number of anilines is 1. The Bertz CT molecular complexity index is 580. The molecule has 18 heavy (non-hydrogen) atoms. The van der Waals surface area contributed by atoms with Crippen LogP contribution in [0.1, 0.15) is 19.3 Å². The average molecular weight is 246 g/mol. The lowest BCUT2D eigenvalue weighted by molar-refractivity contribution is -0.141. The van der Waals surface area contributed by atoms with Crippen LogP contribution in [0.15, 0.2) is 24.5 Å². The first-order valence-corrected chi connectivity index (χ1v) is 6.02. The molecule has 1 aliphatic rings. The van der Waals surface area contributed by atoms with Crippen molar-refractivity contribution in [3.8, 4) is 0 Å². The van der Waals surface area contributed by atoms with E-state index in [-0.39, 0.29) is 12.0 Å². The van der Waals surface area contributed by atoms with E-state index in [2.05, 4.69) is 15.4 Å². The molecule has 0 amide bonds. The van der Waals surface area contributed by atoms with E-state index in [9.17, 15) is 4.79 Å². The number of carbonyl (C=O) groups is 1. The summed E-state index contributed by atoms with van der Waals surface area (Å²) in [5.41, 5.74) is 0.785. The number of hydrogen-bond acceptors (Lipinski definition) is 4. The van der Waals surface area contributed by atoms with Crippen molar-refractivity contribution >= 4 is 17.4 Å². The summed E-state index contributed by atoms with van der Waals surface area (Å²) in [6.45, 7) is 0. The zero-order valence-electron chi connectivity index (χ0n) is 9.78. The van der Waals surface area contributed by atoms with Gasteiger partial charge in [0.25, 0.3) is 0 Å². The summed E-state index contributed by atoms with van der Waals surface area (Å²) >= 11 is 0. The number of aliphatic carboxylic acids is 1. The van der Waals surface area contributed by atoms with Crippen molar-refractivity contribution in [3.63, 3.8) is 0 Å². The van der Waals surface area contributed by atoms with E-state index in [1.165, 1.54) is 0 Å². The Kier molecular flexibility index (Phi) is 2.62. The molecule has 0 unspecified atom stereocenters. The molecule has 1 fully saturated rings. The first kappa shape index (κ1) is 11.0. The third kappa shape index (κ3) is 2.01. The summed E-state index contributed by atoms with van der Waals surface area (Å²) in [4.78, 5) is 15.3. The number of rotatable bonds is 3. The van der Waals surface area contributed by atoms with E-state index < -0.39 is 5.97 Å². The number of hydrogen-bond donors (Lipinski definition) is 2. The molecule has 94 valence electrons. The Balaban J connectivity index is 1.71. The Morgan fingerprint density at radius 1 is 1.44 bits per heavy atom. The molecule has 3 rings (SSSR count). The van der Waals surface area contributed by atoms with Crippen LogP contribution in [-0.2, 0) is 4.79 Å². The fourth-order valence-electron chi connectivity index (χ4n) is 2.44. The van der Waals surface area contributed by atoms with Crippen molar-refractivity contribution in [2.24, 2.45) is 5.92 Å². The minimum absolute atomic E-state index is 0.198. The maximum atomic E-state index is 10.9. The molecule has 2 heterocycles. The molecule has 0 saturated heterocycles. The van der Waals surface area contributed by atoms with Gasteiger partial charge in [-0.1, -0.05) is 0 Å². The maximum absolute atomic E-state index is 10.9. The Labute approximate surface area is 104 Å². The van der Waals surface area contributed by atoms with Crippen molar-refractivity contribution < 1.29 is 9.90 Å². The van der Waals surface area contributed by atoms with Crippen molar-refractivity contribution in [3.05, 3.63) is 24.5 Å². The first-order valence-electron chi connectivity index (χ1n) is 6.02. The van der Waals surface area contributed by atoms with Crippen molar-refractivity contribution in [2.75, 3.05) is 5.32 Å². The molecule has 6 nitrogen and oxygen atoms in total. The number of nitrogens with one attached hydrogen (secondary N) is 1. The normalized spacial score (nSPS) is 23.3. The van der Waals surface area contributed by atoms with Gasteiger partial charge in [0.05, 0.1) is 12.1 Å². The Morgan fingerprint density at radius 2 is 2.33 bits per heavy atom. The smallest absolute Gasteiger partial charge is 0.306 e. The van der Waals surface area contributed by atoms with Gasteiger partial charge in [-0.3, -0.25) is 4.79 Å². The largest absolute Gasteiger partial charge is 0.481 e. The van der Waals surface area contributed by atoms with Crippen LogP contribution >= 0.6 is 0 Å². The zero-order valence-corrected chi connectivity index (χ0v) is 9.78.